The molecule has 0 saturated carbocycles. The van der Waals surface area contributed by atoms with Crippen molar-refractivity contribution in [1.29, 1.82) is 0 Å². The molecule has 0 aromatic carbocycles. The van der Waals surface area contributed by atoms with Gasteiger partial charge in [0, 0.05) is 20.1 Å². The third-order valence-electron chi connectivity index (χ3n) is 2.42. The maximum absolute atomic E-state index is 5.22. The molecule has 0 aromatic heterocycles. The summed E-state index contributed by atoms with van der Waals surface area (Å²) in [6, 6.07) is 0. The summed E-state index contributed by atoms with van der Waals surface area (Å²) in [6.45, 7) is 2.18. The van der Waals surface area contributed by atoms with E-state index < -0.39 is 0 Å². The first kappa shape index (κ1) is 9.75. The summed E-state index contributed by atoms with van der Waals surface area (Å²) in [6.07, 6.45) is 5.90. The number of hydrogen-bond acceptors (Lipinski definition) is 2. The summed E-state index contributed by atoms with van der Waals surface area (Å²) in [5.41, 5.74) is 1.46. The molecule has 0 saturated heterocycles. The van der Waals surface area contributed by atoms with Crippen molar-refractivity contribution in [1.82, 2.24) is 0 Å². The fourth-order valence-electron chi connectivity index (χ4n) is 1.81. The molecule has 1 aliphatic rings. The molecule has 70 valence electrons. The fraction of sp³-hybridized carbons (Fsp3) is 0.800. The lowest BCUT2D eigenvalue weighted by Crippen LogP contribution is -2.25. The molecule has 2 heteroatoms. The first-order chi connectivity index (χ1) is 5.77. The van der Waals surface area contributed by atoms with Crippen LogP contribution in [0.4, 0.5) is 0 Å². The van der Waals surface area contributed by atoms with Crippen molar-refractivity contribution in [3.8, 4) is 0 Å². The van der Waals surface area contributed by atoms with Gasteiger partial charge in [-0.05, 0) is 26.2 Å². The topological polar surface area (TPSA) is 18.5 Å². The second-order valence-corrected chi connectivity index (χ2v) is 3.41. The lowest BCUT2D eigenvalue weighted by Gasteiger charge is -2.25. The van der Waals surface area contributed by atoms with Gasteiger partial charge < -0.3 is 9.47 Å². The van der Waals surface area contributed by atoms with Crippen LogP contribution >= 0.6 is 0 Å². The molecule has 0 fully saturated rings. The van der Waals surface area contributed by atoms with E-state index in [1.165, 1.54) is 24.8 Å². The largest absolute Gasteiger partial charge is 0.355 e. The monoisotopic (exact) mass is 170 g/mol. The van der Waals surface area contributed by atoms with Crippen LogP contribution in [-0.2, 0) is 9.47 Å². The van der Waals surface area contributed by atoms with Gasteiger partial charge in [0.25, 0.3) is 0 Å². The molecular formula is C10H18O2. The Morgan fingerprint density at radius 1 is 1.42 bits per heavy atom. The number of rotatable bonds is 3. The maximum Gasteiger partial charge on any atom is 0.163 e. The first-order valence-electron chi connectivity index (χ1n) is 4.51. The van der Waals surface area contributed by atoms with Crippen molar-refractivity contribution in [2.45, 2.75) is 32.5 Å². The molecule has 1 aliphatic carbocycles. The van der Waals surface area contributed by atoms with E-state index in [0.29, 0.717) is 5.92 Å². The second-order valence-electron chi connectivity index (χ2n) is 3.41. The predicted molar refractivity (Wildman–Crippen MR) is 48.9 cm³/mol. The second kappa shape index (κ2) is 4.63. The SMILES string of the molecule is COC(OC)C1C=C(C)CCC1. The molecule has 0 bridgehead atoms. The zero-order chi connectivity index (χ0) is 8.97. The van der Waals surface area contributed by atoms with E-state index in [1.54, 1.807) is 14.2 Å². The highest BCUT2D eigenvalue weighted by atomic mass is 16.7. The van der Waals surface area contributed by atoms with Crippen molar-refractivity contribution in [3.05, 3.63) is 11.6 Å². The van der Waals surface area contributed by atoms with E-state index in [-0.39, 0.29) is 6.29 Å². The van der Waals surface area contributed by atoms with Crippen LogP contribution < -0.4 is 0 Å². The molecule has 0 aromatic rings. The smallest absolute Gasteiger partial charge is 0.163 e. The summed E-state index contributed by atoms with van der Waals surface area (Å²) in [4.78, 5) is 0. The molecule has 1 unspecified atom stereocenters. The lowest BCUT2D eigenvalue weighted by atomic mass is 9.91. The molecule has 2 nitrogen and oxygen atoms in total. The van der Waals surface area contributed by atoms with Gasteiger partial charge in [-0.15, -0.1) is 0 Å². The van der Waals surface area contributed by atoms with Crippen molar-refractivity contribution in [2.24, 2.45) is 5.92 Å². The molecule has 0 radical (unpaired) electrons. The third kappa shape index (κ3) is 2.32. The Morgan fingerprint density at radius 3 is 2.58 bits per heavy atom. The summed E-state index contributed by atoms with van der Waals surface area (Å²) < 4.78 is 10.4. The van der Waals surface area contributed by atoms with Crippen molar-refractivity contribution < 1.29 is 9.47 Å². The Hall–Kier alpha value is -0.340. The highest BCUT2D eigenvalue weighted by Gasteiger charge is 2.20. The third-order valence-corrected chi connectivity index (χ3v) is 2.42. The van der Waals surface area contributed by atoms with Crippen LogP contribution in [-0.4, -0.2) is 20.5 Å². The van der Waals surface area contributed by atoms with Crippen LogP contribution in [0.3, 0.4) is 0 Å². The van der Waals surface area contributed by atoms with Gasteiger partial charge in [0.2, 0.25) is 0 Å². The Morgan fingerprint density at radius 2 is 2.08 bits per heavy atom. The summed E-state index contributed by atoms with van der Waals surface area (Å²) in [5, 5.41) is 0. The molecule has 1 atom stereocenters. The van der Waals surface area contributed by atoms with Gasteiger partial charge in [-0.2, -0.15) is 0 Å². The molecular weight excluding hydrogens is 152 g/mol. The number of methoxy groups -OCH3 is 2. The lowest BCUT2D eigenvalue weighted by molar-refractivity contribution is -0.128. The maximum atomic E-state index is 5.22. The van der Waals surface area contributed by atoms with E-state index in [1.807, 2.05) is 0 Å². The number of ether oxygens (including phenoxy) is 2. The zero-order valence-corrected chi connectivity index (χ0v) is 8.17. The van der Waals surface area contributed by atoms with Gasteiger partial charge in [0.1, 0.15) is 0 Å². The van der Waals surface area contributed by atoms with Gasteiger partial charge in [0.15, 0.2) is 6.29 Å². The van der Waals surface area contributed by atoms with Gasteiger partial charge in [0.05, 0.1) is 0 Å². The predicted octanol–water partition coefficient (Wildman–Crippen LogP) is 2.35. The number of allylic oxidation sites excluding steroid dienone is 1. The minimum Gasteiger partial charge on any atom is -0.355 e. The van der Waals surface area contributed by atoms with Crippen LogP contribution in [0.5, 0.6) is 0 Å². The Bertz CT molecular complexity index is 159. The van der Waals surface area contributed by atoms with Crippen LogP contribution in [0.2, 0.25) is 0 Å². The van der Waals surface area contributed by atoms with E-state index in [9.17, 15) is 0 Å². The van der Waals surface area contributed by atoms with E-state index in [0.717, 1.165) is 0 Å². The number of hydrogen-bond donors (Lipinski definition) is 0. The Labute approximate surface area is 74.6 Å². The van der Waals surface area contributed by atoms with Gasteiger partial charge in [-0.25, -0.2) is 0 Å². The molecule has 12 heavy (non-hydrogen) atoms. The molecule has 0 amide bonds. The Kier molecular flexibility index (Phi) is 3.76. The highest BCUT2D eigenvalue weighted by Crippen LogP contribution is 2.26. The summed E-state index contributed by atoms with van der Waals surface area (Å²) in [5.74, 6) is 0.453. The summed E-state index contributed by atoms with van der Waals surface area (Å²) >= 11 is 0. The van der Waals surface area contributed by atoms with E-state index in [2.05, 4.69) is 13.0 Å². The normalized spacial score (nSPS) is 24.3. The van der Waals surface area contributed by atoms with Crippen molar-refractivity contribution >= 4 is 0 Å². The molecule has 0 aliphatic heterocycles. The highest BCUT2D eigenvalue weighted by molar-refractivity contribution is 5.05. The molecule has 0 heterocycles. The van der Waals surface area contributed by atoms with E-state index in [4.69, 9.17) is 9.47 Å². The van der Waals surface area contributed by atoms with Gasteiger partial charge in [-0.1, -0.05) is 11.6 Å². The van der Waals surface area contributed by atoms with Crippen LogP contribution in [0, 0.1) is 5.92 Å². The minimum absolute atomic E-state index is 0.0553. The quantitative estimate of drug-likeness (QED) is 0.478. The average molecular weight is 170 g/mol. The van der Waals surface area contributed by atoms with Gasteiger partial charge in [-0.3, -0.25) is 0 Å². The van der Waals surface area contributed by atoms with Crippen molar-refractivity contribution in [3.63, 3.8) is 0 Å². The van der Waals surface area contributed by atoms with Crippen LogP contribution in [0.1, 0.15) is 26.2 Å². The van der Waals surface area contributed by atoms with E-state index >= 15 is 0 Å². The zero-order valence-electron chi connectivity index (χ0n) is 8.17. The van der Waals surface area contributed by atoms with Gasteiger partial charge >= 0.3 is 0 Å². The average Bonchev–Trinajstić information content (AvgIpc) is 2.07. The standard InChI is InChI=1S/C10H18O2/c1-8-5-4-6-9(7-8)10(11-2)12-3/h7,9-10H,4-6H2,1-3H3. The Balaban J connectivity index is 2.54. The minimum atomic E-state index is -0.0553. The first-order valence-corrected chi connectivity index (χ1v) is 4.51. The van der Waals surface area contributed by atoms with Crippen LogP contribution in [0.15, 0.2) is 11.6 Å². The molecule has 1 rings (SSSR count). The molecule has 0 N–H and O–H groups in total. The molecule has 0 spiro atoms. The summed E-state index contributed by atoms with van der Waals surface area (Å²) in [7, 11) is 3.40. The van der Waals surface area contributed by atoms with Crippen LogP contribution in [0.25, 0.3) is 0 Å². The fourth-order valence-corrected chi connectivity index (χ4v) is 1.81. The van der Waals surface area contributed by atoms with Crippen molar-refractivity contribution in [2.75, 3.05) is 14.2 Å².